The molecule has 4 nitrogen and oxygen atoms in total. The maximum absolute atomic E-state index is 12.6. The van der Waals surface area contributed by atoms with Gasteiger partial charge in [0.05, 0.1) is 5.54 Å². The Morgan fingerprint density at radius 3 is 3.10 bits per heavy atom. The van der Waals surface area contributed by atoms with Crippen LogP contribution in [0.25, 0.3) is 10.6 Å². The first kappa shape index (κ1) is 14.2. The molecular weight excluding hydrogens is 282 g/mol. The zero-order valence-corrected chi connectivity index (χ0v) is 12.9. The minimum atomic E-state index is -0.406. The first-order chi connectivity index (χ1) is 10.2. The number of nitrogens with one attached hydrogen (secondary N) is 2. The predicted molar refractivity (Wildman–Crippen MR) is 86.4 cm³/mol. The number of nitrogens with zero attached hydrogens (tertiary/aromatic N) is 1. The fourth-order valence-corrected chi connectivity index (χ4v) is 3.44. The van der Waals surface area contributed by atoms with Crippen LogP contribution in [0.1, 0.15) is 26.2 Å². The molecule has 0 spiro atoms. The van der Waals surface area contributed by atoms with E-state index >= 15 is 0 Å². The number of thiazole rings is 1. The molecule has 5 heteroatoms. The molecule has 110 valence electrons. The molecule has 2 heterocycles. The van der Waals surface area contributed by atoms with Gasteiger partial charge in [-0.3, -0.25) is 4.79 Å². The lowest BCUT2D eigenvalue weighted by atomic mass is 9.93. The van der Waals surface area contributed by atoms with Crippen LogP contribution in [0.5, 0.6) is 0 Å². The van der Waals surface area contributed by atoms with Crippen molar-refractivity contribution in [2.75, 3.05) is 11.9 Å². The Hall–Kier alpha value is -1.72. The molecule has 1 saturated heterocycles. The molecule has 0 saturated carbocycles. The third-order valence-electron chi connectivity index (χ3n) is 4.08. The molecule has 1 amide bonds. The summed E-state index contributed by atoms with van der Waals surface area (Å²) in [5, 5.41) is 9.33. The zero-order chi connectivity index (χ0) is 14.7. The highest BCUT2D eigenvalue weighted by atomic mass is 32.1. The van der Waals surface area contributed by atoms with Crippen molar-refractivity contribution < 1.29 is 4.79 Å². The minimum absolute atomic E-state index is 0.0683. The van der Waals surface area contributed by atoms with Gasteiger partial charge in [0.2, 0.25) is 5.91 Å². The summed E-state index contributed by atoms with van der Waals surface area (Å²) < 4.78 is 0. The Kier molecular flexibility index (Phi) is 4.03. The third-order valence-corrected chi connectivity index (χ3v) is 4.90. The minimum Gasteiger partial charge on any atom is -0.324 e. The van der Waals surface area contributed by atoms with Crippen molar-refractivity contribution in [3.8, 4) is 10.6 Å². The van der Waals surface area contributed by atoms with Crippen molar-refractivity contribution in [3.63, 3.8) is 0 Å². The molecule has 1 aromatic carbocycles. The first-order valence-electron chi connectivity index (χ1n) is 7.30. The molecule has 1 unspecified atom stereocenters. The lowest BCUT2D eigenvalue weighted by Crippen LogP contribution is -2.50. The molecule has 1 atom stereocenters. The molecule has 21 heavy (non-hydrogen) atoms. The van der Waals surface area contributed by atoms with E-state index in [1.807, 2.05) is 29.6 Å². The normalized spacial score (nSPS) is 21.4. The molecule has 0 aliphatic carbocycles. The van der Waals surface area contributed by atoms with E-state index in [4.69, 9.17) is 0 Å². The van der Waals surface area contributed by atoms with E-state index in [-0.39, 0.29) is 5.91 Å². The summed E-state index contributed by atoms with van der Waals surface area (Å²) in [6.07, 6.45) is 4.56. The highest BCUT2D eigenvalue weighted by Crippen LogP contribution is 2.27. The van der Waals surface area contributed by atoms with Crippen LogP contribution in [0.2, 0.25) is 0 Å². The molecule has 0 radical (unpaired) electrons. The van der Waals surface area contributed by atoms with Crippen molar-refractivity contribution >= 4 is 22.9 Å². The fourth-order valence-electron chi connectivity index (χ4n) is 2.81. The van der Waals surface area contributed by atoms with Gasteiger partial charge in [0.25, 0.3) is 0 Å². The van der Waals surface area contributed by atoms with E-state index in [1.165, 1.54) is 0 Å². The maximum atomic E-state index is 12.6. The maximum Gasteiger partial charge on any atom is 0.244 e. The second kappa shape index (κ2) is 5.95. The molecule has 2 N–H and O–H groups in total. The monoisotopic (exact) mass is 301 g/mol. The van der Waals surface area contributed by atoms with E-state index in [2.05, 4.69) is 22.5 Å². The van der Waals surface area contributed by atoms with Crippen LogP contribution in [0, 0.1) is 0 Å². The van der Waals surface area contributed by atoms with Gasteiger partial charge < -0.3 is 10.6 Å². The van der Waals surface area contributed by atoms with E-state index in [1.54, 1.807) is 17.5 Å². The van der Waals surface area contributed by atoms with Gasteiger partial charge in [-0.25, -0.2) is 4.98 Å². The van der Waals surface area contributed by atoms with Crippen molar-refractivity contribution in [2.24, 2.45) is 0 Å². The topological polar surface area (TPSA) is 54.0 Å². The summed E-state index contributed by atoms with van der Waals surface area (Å²) in [5.41, 5.74) is 1.46. The van der Waals surface area contributed by atoms with Crippen molar-refractivity contribution in [3.05, 3.63) is 35.8 Å². The van der Waals surface area contributed by atoms with Crippen LogP contribution in [0.3, 0.4) is 0 Å². The van der Waals surface area contributed by atoms with E-state index in [9.17, 15) is 4.79 Å². The number of rotatable bonds is 4. The van der Waals surface area contributed by atoms with Crippen molar-refractivity contribution in [1.82, 2.24) is 10.3 Å². The number of carbonyl (C=O) groups is 1. The Morgan fingerprint density at radius 1 is 1.52 bits per heavy atom. The SMILES string of the molecule is CCC1(C(=O)Nc2cccc(-c3nccs3)c2)CCCN1. The van der Waals surface area contributed by atoms with Gasteiger partial charge in [-0.1, -0.05) is 19.1 Å². The molecule has 0 bridgehead atoms. The van der Waals surface area contributed by atoms with E-state index in [0.717, 1.165) is 42.1 Å². The van der Waals surface area contributed by atoms with Crippen LogP contribution in [0.4, 0.5) is 5.69 Å². The smallest absolute Gasteiger partial charge is 0.244 e. The summed E-state index contributed by atoms with van der Waals surface area (Å²) in [4.78, 5) is 16.9. The zero-order valence-electron chi connectivity index (χ0n) is 12.1. The molecule has 3 rings (SSSR count). The van der Waals surface area contributed by atoms with Crippen LogP contribution >= 0.6 is 11.3 Å². The quantitative estimate of drug-likeness (QED) is 0.911. The van der Waals surface area contributed by atoms with Gasteiger partial charge in [-0.05, 0) is 37.9 Å². The Bertz CT molecular complexity index is 618. The molecule has 1 aliphatic heterocycles. The molecule has 2 aromatic rings. The van der Waals surface area contributed by atoms with E-state index < -0.39 is 5.54 Å². The Morgan fingerprint density at radius 2 is 2.43 bits per heavy atom. The lowest BCUT2D eigenvalue weighted by molar-refractivity contribution is -0.122. The standard InChI is InChI=1S/C16H19N3OS/c1-2-16(7-4-8-18-16)15(20)19-13-6-3-5-12(11-13)14-17-9-10-21-14/h3,5-6,9-11,18H,2,4,7-8H2,1H3,(H,19,20). The van der Waals surface area contributed by atoms with Crippen LogP contribution < -0.4 is 10.6 Å². The number of hydrogen-bond donors (Lipinski definition) is 2. The molecule has 1 aliphatic rings. The number of benzene rings is 1. The summed E-state index contributed by atoms with van der Waals surface area (Å²) in [5.74, 6) is 0.0683. The summed E-state index contributed by atoms with van der Waals surface area (Å²) in [6.45, 7) is 2.98. The average molecular weight is 301 g/mol. The number of aromatic nitrogens is 1. The highest BCUT2D eigenvalue weighted by Gasteiger charge is 2.39. The van der Waals surface area contributed by atoms with Gasteiger partial charge in [0.1, 0.15) is 5.01 Å². The molecule has 1 fully saturated rings. The Balaban J connectivity index is 1.79. The molecule has 1 aromatic heterocycles. The summed E-state index contributed by atoms with van der Waals surface area (Å²) in [7, 11) is 0. The van der Waals surface area contributed by atoms with Gasteiger partial charge in [0, 0.05) is 22.8 Å². The number of anilines is 1. The third kappa shape index (κ3) is 2.84. The van der Waals surface area contributed by atoms with Crippen molar-refractivity contribution in [1.29, 1.82) is 0 Å². The van der Waals surface area contributed by atoms with Gasteiger partial charge >= 0.3 is 0 Å². The summed E-state index contributed by atoms with van der Waals surface area (Å²) in [6, 6.07) is 7.87. The number of hydrogen-bond acceptors (Lipinski definition) is 4. The van der Waals surface area contributed by atoms with Gasteiger partial charge in [-0.2, -0.15) is 0 Å². The first-order valence-corrected chi connectivity index (χ1v) is 8.18. The second-order valence-corrected chi connectivity index (χ2v) is 6.23. The van der Waals surface area contributed by atoms with E-state index in [0.29, 0.717) is 0 Å². The van der Waals surface area contributed by atoms with Crippen LogP contribution in [-0.2, 0) is 4.79 Å². The highest BCUT2D eigenvalue weighted by molar-refractivity contribution is 7.13. The number of carbonyl (C=O) groups excluding carboxylic acids is 1. The largest absolute Gasteiger partial charge is 0.324 e. The predicted octanol–water partition coefficient (Wildman–Crippen LogP) is 3.28. The second-order valence-electron chi connectivity index (χ2n) is 5.34. The van der Waals surface area contributed by atoms with Gasteiger partial charge in [-0.15, -0.1) is 11.3 Å². The van der Waals surface area contributed by atoms with Crippen LogP contribution in [-0.4, -0.2) is 23.0 Å². The fraction of sp³-hybridized carbons (Fsp3) is 0.375. The molecular formula is C16H19N3OS. The number of amides is 1. The van der Waals surface area contributed by atoms with Crippen LogP contribution in [0.15, 0.2) is 35.8 Å². The average Bonchev–Trinajstić information content (AvgIpc) is 3.20. The Labute approximate surface area is 128 Å². The lowest BCUT2D eigenvalue weighted by Gasteiger charge is -2.26. The van der Waals surface area contributed by atoms with Crippen molar-refractivity contribution in [2.45, 2.75) is 31.7 Å². The summed E-state index contributed by atoms with van der Waals surface area (Å²) >= 11 is 1.60. The van der Waals surface area contributed by atoms with Gasteiger partial charge in [0.15, 0.2) is 0 Å².